The zero-order valence-corrected chi connectivity index (χ0v) is 15.1. The van der Waals surface area contributed by atoms with Crippen LogP contribution in [0.5, 0.6) is 5.75 Å². The highest BCUT2D eigenvalue weighted by molar-refractivity contribution is 5.90. The van der Waals surface area contributed by atoms with E-state index in [-0.39, 0.29) is 11.4 Å². The number of hydrogen-bond acceptors (Lipinski definition) is 2. The molecule has 128 valence electrons. The molecule has 2 N–H and O–H groups in total. The highest BCUT2D eigenvalue weighted by Gasteiger charge is 2.21. The molecule has 2 amide bonds. The van der Waals surface area contributed by atoms with E-state index < -0.39 is 0 Å². The van der Waals surface area contributed by atoms with Crippen LogP contribution in [0, 0.1) is 13.8 Å². The van der Waals surface area contributed by atoms with Gasteiger partial charge in [0.2, 0.25) is 0 Å². The Morgan fingerprint density at radius 2 is 1.75 bits per heavy atom. The summed E-state index contributed by atoms with van der Waals surface area (Å²) in [4.78, 5) is 12.2. The van der Waals surface area contributed by atoms with E-state index in [4.69, 9.17) is 4.74 Å². The summed E-state index contributed by atoms with van der Waals surface area (Å²) in [6.45, 7) is 8.79. The Balaban J connectivity index is 1.97. The first-order valence-corrected chi connectivity index (χ1v) is 8.09. The molecule has 24 heavy (non-hydrogen) atoms. The van der Waals surface area contributed by atoms with Gasteiger partial charge in [-0.25, -0.2) is 4.79 Å². The van der Waals surface area contributed by atoms with Crippen LogP contribution in [0.2, 0.25) is 0 Å². The zero-order chi connectivity index (χ0) is 17.7. The second-order valence-corrected chi connectivity index (χ2v) is 6.67. The predicted octanol–water partition coefficient (Wildman–Crippen LogP) is 4.41. The molecule has 0 bridgehead atoms. The van der Waals surface area contributed by atoms with Crippen LogP contribution in [0.1, 0.15) is 30.5 Å². The Hall–Kier alpha value is -2.49. The van der Waals surface area contributed by atoms with Crippen molar-refractivity contribution in [3.8, 4) is 5.75 Å². The summed E-state index contributed by atoms with van der Waals surface area (Å²) >= 11 is 0. The third-order valence-electron chi connectivity index (χ3n) is 4.42. The largest absolute Gasteiger partial charge is 0.497 e. The Bertz CT molecular complexity index is 706. The monoisotopic (exact) mass is 326 g/mol. The van der Waals surface area contributed by atoms with E-state index in [9.17, 15) is 4.79 Å². The first kappa shape index (κ1) is 17.9. The van der Waals surface area contributed by atoms with Gasteiger partial charge in [0.05, 0.1) is 7.11 Å². The summed E-state index contributed by atoms with van der Waals surface area (Å²) in [5.74, 6) is 0.829. The van der Waals surface area contributed by atoms with E-state index >= 15 is 0 Å². The maximum absolute atomic E-state index is 12.2. The average molecular weight is 326 g/mol. The lowest BCUT2D eigenvalue weighted by molar-refractivity contribution is 0.249. The molecule has 0 atom stereocenters. The molecular formula is C20H26N2O2. The van der Waals surface area contributed by atoms with Gasteiger partial charge in [0.1, 0.15) is 5.75 Å². The zero-order valence-electron chi connectivity index (χ0n) is 15.1. The van der Waals surface area contributed by atoms with Crippen molar-refractivity contribution in [3.05, 3.63) is 59.2 Å². The highest BCUT2D eigenvalue weighted by atomic mass is 16.5. The summed E-state index contributed by atoms with van der Waals surface area (Å²) in [6.07, 6.45) is 0. The van der Waals surface area contributed by atoms with Crippen LogP contribution in [0.25, 0.3) is 0 Å². The number of carbonyl (C=O) groups is 1. The summed E-state index contributed by atoms with van der Waals surface area (Å²) in [5, 5.41) is 5.89. The summed E-state index contributed by atoms with van der Waals surface area (Å²) in [7, 11) is 1.65. The van der Waals surface area contributed by atoms with Gasteiger partial charge in [-0.15, -0.1) is 0 Å². The van der Waals surface area contributed by atoms with Gasteiger partial charge in [0.25, 0.3) is 0 Å². The van der Waals surface area contributed by atoms with Crippen molar-refractivity contribution in [1.82, 2.24) is 5.32 Å². The van der Waals surface area contributed by atoms with E-state index in [0.29, 0.717) is 6.54 Å². The maximum atomic E-state index is 12.2. The molecule has 0 spiro atoms. The highest BCUT2D eigenvalue weighted by Crippen LogP contribution is 2.24. The number of amides is 2. The molecule has 0 aromatic heterocycles. The van der Waals surface area contributed by atoms with Crippen LogP contribution < -0.4 is 15.4 Å². The summed E-state index contributed by atoms with van der Waals surface area (Å²) in [5.41, 5.74) is 4.06. The van der Waals surface area contributed by atoms with Crippen LogP contribution in [-0.2, 0) is 5.41 Å². The van der Waals surface area contributed by atoms with Crippen LogP contribution in [-0.4, -0.2) is 19.7 Å². The first-order valence-electron chi connectivity index (χ1n) is 8.09. The Morgan fingerprint density at radius 3 is 2.38 bits per heavy atom. The number of anilines is 1. The number of methoxy groups -OCH3 is 1. The predicted molar refractivity (Wildman–Crippen MR) is 99.0 cm³/mol. The molecule has 0 saturated carbocycles. The van der Waals surface area contributed by atoms with Crippen molar-refractivity contribution in [3.63, 3.8) is 0 Å². The number of aryl methyl sites for hydroxylation is 1. The molecular weight excluding hydrogens is 300 g/mol. The Kier molecular flexibility index (Phi) is 5.50. The molecule has 0 aliphatic carbocycles. The lowest BCUT2D eigenvalue weighted by Gasteiger charge is -2.26. The molecule has 0 aliphatic rings. The lowest BCUT2D eigenvalue weighted by atomic mass is 9.84. The van der Waals surface area contributed by atoms with Crippen molar-refractivity contribution < 1.29 is 9.53 Å². The van der Waals surface area contributed by atoms with E-state index in [2.05, 4.69) is 24.5 Å². The van der Waals surface area contributed by atoms with Gasteiger partial charge in [-0.05, 0) is 48.7 Å². The number of carbonyl (C=O) groups excluding carboxylic acids is 1. The van der Waals surface area contributed by atoms with E-state index in [1.807, 2.05) is 56.3 Å². The molecule has 0 saturated heterocycles. The summed E-state index contributed by atoms with van der Waals surface area (Å²) < 4.78 is 5.19. The Labute approximate surface area is 144 Å². The van der Waals surface area contributed by atoms with Gasteiger partial charge >= 0.3 is 6.03 Å². The maximum Gasteiger partial charge on any atom is 0.319 e. The van der Waals surface area contributed by atoms with Gasteiger partial charge < -0.3 is 15.4 Å². The second kappa shape index (κ2) is 7.39. The number of nitrogens with one attached hydrogen (secondary N) is 2. The van der Waals surface area contributed by atoms with Crippen LogP contribution in [0.15, 0.2) is 42.5 Å². The molecule has 0 radical (unpaired) electrons. The number of rotatable bonds is 5. The fourth-order valence-electron chi connectivity index (χ4n) is 2.50. The van der Waals surface area contributed by atoms with E-state index in [1.54, 1.807) is 7.11 Å². The van der Waals surface area contributed by atoms with Crippen molar-refractivity contribution in [2.24, 2.45) is 0 Å². The molecule has 2 aromatic carbocycles. The molecule has 2 aromatic rings. The van der Waals surface area contributed by atoms with Gasteiger partial charge in [0, 0.05) is 17.6 Å². The number of benzene rings is 2. The topological polar surface area (TPSA) is 50.4 Å². The molecule has 0 aliphatic heterocycles. The van der Waals surface area contributed by atoms with Crippen molar-refractivity contribution in [2.45, 2.75) is 33.1 Å². The summed E-state index contributed by atoms with van der Waals surface area (Å²) in [6, 6.07) is 13.6. The van der Waals surface area contributed by atoms with E-state index in [0.717, 1.165) is 28.1 Å². The van der Waals surface area contributed by atoms with Gasteiger partial charge in [-0.1, -0.05) is 38.1 Å². The van der Waals surface area contributed by atoms with Crippen LogP contribution in [0.3, 0.4) is 0 Å². The smallest absolute Gasteiger partial charge is 0.319 e. The second-order valence-electron chi connectivity index (χ2n) is 6.67. The number of ether oxygens (including phenoxy) is 1. The standard InChI is InChI=1S/C20H26N2O2/c1-14-7-6-8-18(15(14)2)22-19(23)21-13-20(3,4)16-9-11-17(24-5)12-10-16/h6-12H,13H2,1-5H3,(H2,21,22,23). The minimum absolute atomic E-state index is 0.175. The fraction of sp³-hybridized carbons (Fsp3) is 0.350. The third-order valence-corrected chi connectivity index (χ3v) is 4.42. The molecule has 0 heterocycles. The molecule has 0 unspecified atom stereocenters. The van der Waals surface area contributed by atoms with Crippen molar-refractivity contribution in [1.29, 1.82) is 0 Å². The minimum Gasteiger partial charge on any atom is -0.497 e. The molecule has 2 rings (SSSR count). The first-order chi connectivity index (χ1) is 11.3. The van der Waals surface area contributed by atoms with Crippen molar-refractivity contribution >= 4 is 11.7 Å². The fourth-order valence-corrected chi connectivity index (χ4v) is 2.50. The third kappa shape index (κ3) is 4.28. The minimum atomic E-state index is -0.190. The number of urea groups is 1. The van der Waals surface area contributed by atoms with Crippen LogP contribution in [0.4, 0.5) is 10.5 Å². The quantitative estimate of drug-likeness (QED) is 0.855. The molecule has 4 heteroatoms. The SMILES string of the molecule is COc1ccc(C(C)(C)CNC(=O)Nc2cccc(C)c2C)cc1. The van der Waals surface area contributed by atoms with Gasteiger partial charge in [-0.2, -0.15) is 0 Å². The van der Waals surface area contributed by atoms with Crippen LogP contribution >= 0.6 is 0 Å². The van der Waals surface area contributed by atoms with Crippen molar-refractivity contribution in [2.75, 3.05) is 19.0 Å². The average Bonchev–Trinajstić information content (AvgIpc) is 2.57. The normalized spacial score (nSPS) is 11.0. The molecule has 0 fully saturated rings. The lowest BCUT2D eigenvalue weighted by Crippen LogP contribution is -2.39. The van der Waals surface area contributed by atoms with Gasteiger partial charge in [-0.3, -0.25) is 0 Å². The van der Waals surface area contributed by atoms with Gasteiger partial charge in [0.15, 0.2) is 0 Å². The number of hydrogen-bond donors (Lipinski definition) is 2. The van der Waals surface area contributed by atoms with E-state index in [1.165, 1.54) is 0 Å². The molecule has 4 nitrogen and oxygen atoms in total. The Morgan fingerprint density at radius 1 is 1.08 bits per heavy atom.